The molecule has 1 aromatic heterocycles. The lowest BCUT2D eigenvalue weighted by molar-refractivity contribution is -0.128. The Morgan fingerprint density at radius 1 is 1.53 bits per heavy atom. The molecule has 1 rings (SSSR count). The van der Waals surface area contributed by atoms with Crippen LogP contribution in [0.25, 0.3) is 0 Å². The molecule has 0 saturated carbocycles. The lowest BCUT2D eigenvalue weighted by Crippen LogP contribution is -2.38. The first-order valence-corrected chi connectivity index (χ1v) is 4.39. The van der Waals surface area contributed by atoms with Gasteiger partial charge in [-0.3, -0.25) is 29.3 Å². The molecule has 0 unspecified atom stereocenters. The summed E-state index contributed by atoms with van der Waals surface area (Å²) in [6.45, 7) is 2.53. The molecule has 0 saturated heterocycles. The van der Waals surface area contributed by atoms with Crippen molar-refractivity contribution in [3.63, 3.8) is 0 Å². The van der Waals surface area contributed by atoms with Gasteiger partial charge < -0.3 is 0 Å². The molecule has 0 fully saturated rings. The molecule has 1 heterocycles. The van der Waals surface area contributed by atoms with Crippen LogP contribution in [0, 0.1) is 5.82 Å². The van der Waals surface area contributed by atoms with Gasteiger partial charge in [-0.05, 0) is 6.08 Å². The maximum Gasteiger partial charge on any atom is 0.328 e. The van der Waals surface area contributed by atoms with Gasteiger partial charge in [-0.2, -0.15) is 4.39 Å². The zero-order valence-electron chi connectivity index (χ0n) is 8.53. The number of rotatable bonds is 3. The second-order valence-electron chi connectivity index (χ2n) is 2.98. The minimum Gasteiger partial charge on any atom is -0.291 e. The Morgan fingerprint density at radius 2 is 2.18 bits per heavy atom. The number of imide groups is 1. The average Bonchev–Trinajstić information content (AvgIpc) is 2.25. The molecule has 0 aliphatic heterocycles. The number of halogens is 1. The van der Waals surface area contributed by atoms with Gasteiger partial charge in [0.15, 0.2) is 0 Å². The Bertz CT molecular complexity index is 587. The van der Waals surface area contributed by atoms with Crippen LogP contribution in [0.3, 0.4) is 0 Å². The van der Waals surface area contributed by atoms with E-state index in [9.17, 15) is 23.6 Å². The van der Waals surface area contributed by atoms with Crippen molar-refractivity contribution in [2.45, 2.75) is 6.54 Å². The predicted octanol–water partition coefficient (Wildman–Crippen LogP) is -1.50. The molecule has 17 heavy (non-hydrogen) atoms. The summed E-state index contributed by atoms with van der Waals surface area (Å²) >= 11 is 0. The second kappa shape index (κ2) is 5.01. The summed E-state index contributed by atoms with van der Waals surface area (Å²) in [6.07, 6.45) is 1.45. The maximum atomic E-state index is 12.8. The van der Waals surface area contributed by atoms with Crippen molar-refractivity contribution in [1.82, 2.24) is 14.9 Å². The largest absolute Gasteiger partial charge is 0.328 e. The highest BCUT2D eigenvalue weighted by Gasteiger charge is 2.09. The van der Waals surface area contributed by atoms with Crippen LogP contribution < -0.4 is 16.6 Å². The summed E-state index contributed by atoms with van der Waals surface area (Å²) in [4.78, 5) is 45.4. The highest BCUT2D eigenvalue weighted by Crippen LogP contribution is 1.84. The van der Waals surface area contributed by atoms with Crippen molar-refractivity contribution in [1.29, 1.82) is 0 Å². The first kappa shape index (κ1) is 12.6. The van der Waals surface area contributed by atoms with Crippen molar-refractivity contribution in [2.24, 2.45) is 0 Å². The molecule has 0 atom stereocenters. The molecule has 0 radical (unpaired) electrons. The van der Waals surface area contributed by atoms with E-state index in [1.165, 1.54) is 0 Å². The van der Waals surface area contributed by atoms with E-state index in [0.717, 1.165) is 6.08 Å². The monoisotopic (exact) mass is 241 g/mol. The number of hydrogen-bond acceptors (Lipinski definition) is 4. The van der Waals surface area contributed by atoms with Gasteiger partial charge >= 0.3 is 5.69 Å². The summed E-state index contributed by atoms with van der Waals surface area (Å²) in [6, 6.07) is 0. The van der Waals surface area contributed by atoms with Crippen molar-refractivity contribution < 1.29 is 14.0 Å². The first-order valence-electron chi connectivity index (χ1n) is 4.39. The van der Waals surface area contributed by atoms with Gasteiger partial charge in [0.25, 0.3) is 5.56 Å². The summed E-state index contributed by atoms with van der Waals surface area (Å²) in [7, 11) is 0. The number of aromatic amines is 1. The smallest absolute Gasteiger partial charge is 0.291 e. The number of carbonyl (C=O) groups is 2. The van der Waals surface area contributed by atoms with Crippen molar-refractivity contribution in [2.75, 3.05) is 0 Å². The Hall–Kier alpha value is -2.51. The summed E-state index contributed by atoms with van der Waals surface area (Å²) < 4.78 is 13.4. The van der Waals surface area contributed by atoms with E-state index in [4.69, 9.17) is 0 Å². The molecule has 90 valence electrons. The van der Waals surface area contributed by atoms with Gasteiger partial charge in [0.1, 0.15) is 6.54 Å². The lowest BCUT2D eigenvalue weighted by Gasteiger charge is -2.04. The lowest BCUT2D eigenvalue weighted by atomic mass is 10.5. The van der Waals surface area contributed by atoms with Gasteiger partial charge in [-0.1, -0.05) is 6.58 Å². The van der Waals surface area contributed by atoms with Gasteiger partial charge in [0.2, 0.25) is 17.6 Å². The fourth-order valence-corrected chi connectivity index (χ4v) is 0.983. The maximum absolute atomic E-state index is 12.8. The molecular formula is C9H8FN3O4. The average molecular weight is 241 g/mol. The van der Waals surface area contributed by atoms with Gasteiger partial charge in [0.05, 0.1) is 6.20 Å². The van der Waals surface area contributed by atoms with Crippen LogP contribution in [-0.2, 0) is 16.1 Å². The summed E-state index contributed by atoms with van der Waals surface area (Å²) in [5.41, 5.74) is -2.12. The second-order valence-corrected chi connectivity index (χ2v) is 2.98. The van der Waals surface area contributed by atoms with Gasteiger partial charge in [-0.15, -0.1) is 0 Å². The van der Waals surface area contributed by atoms with E-state index in [1.54, 1.807) is 4.98 Å². The third-order valence-corrected chi connectivity index (χ3v) is 1.73. The van der Waals surface area contributed by atoms with Crippen LogP contribution in [0.15, 0.2) is 28.4 Å². The molecule has 1 aromatic rings. The molecule has 0 aromatic carbocycles. The first-order chi connectivity index (χ1) is 7.93. The van der Waals surface area contributed by atoms with E-state index in [0.29, 0.717) is 10.8 Å². The molecule has 0 aliphatic carbocycles. The van der Waals surface area contributed by atoms with E-state index in [1.807, 2.05) is 5.32 Å². The third kappa shape index (κ3) is 3.23. The van der Waals surface area contributed by atoms with E-state index >= 15 is 0 Å². The Morgan fingerprint density at radius 3 is 2.76 bits per heavy atom. The molecule has 0 bridgehead atoms. The number of nitrogens with one attached hydrogen (secondary N) is 2. The third-order valence-electron chi connectivity index (χ3n) is 1.73. The SMILES string of the molecule is C=CC(=O)NC(=O)Cn1cc(F)c(=O)[nH]c1=O. The number of aromatic nitrogens is 2. The Kier molecular flexibility index (Phi) is 3.70. The van der Waals surface area contributed by atoms with Gasteiger partial charge in [-0.25, -0.2) is 4.79 Å². The van der Waals surface area contributed by atoms with Crippen LogP contribution in [0.4, 0.5) is 4.39 Å². The van der Waals surface area contributed by atoms with Crippen LogP contribution in [-0.4, -0.2) is 21.4 Å². The van der Waals surface area contributed by atoms with Crippen molar-refractivity contribution in [3.05, 3.63) is 45.5 Å². The quantitative estimate of drug-likeness (QED) is 0.629. The summed E-state index contributed by atoms with van der Waals surface area (Å²) in [5.74, 6) is -2.77. The number of hydrogen-bond donors (Lipinski definition) is 2. The molecule has 0 aliphatic rings. The van der Waals surface area contributed by atoms with Crippen LogP contribution in [0.5, 0.6) is 0 Å². The van der Waals surface area contributed by atoms with Crippen LogP contribution in [0.1, 0.15) is 0 Å². The highest BCUT2D eigenvalue weighted by molar-refractivity contribution is 6.00. The zero-order chi connectivity index (χ0) is 13.0. The van der Waals surface area contributed by atoms with E-state index in [-0.39, 0.29) is 0 Å². The molecule has 2 amide bonds. The number of nitrogens with zero attached hydrogens (tertiary/aromatic N) is 1. The van der Waals surface area contributed by atoms with Gasteiger partial charge in [0, 0.05) is 0 Å². The molecule has 2 N–H and O–H groups in total. The molecule has 7 nitrogen and oxygen atoms in total. The minimum atomic E-state index is -1.20. The molecule has 0 spiro atoms. The van der Waals surface area contributed by atoms with E-state index in [2.05, 4.69) is 6.58 Å². The standard InChI is InChI=1S/C9H8FN3O4/c1-2-6(14)11-7(15)4-13-3-5(10)8(16)12-9(13)17/h2-3H,1,4H2,(H,11,14,15)(H,12,16,17). The normalized spacial score (nSPS) is 9.71. The Balaban J connectivity index is 2.89. The fraction of sp³-hybridized carbons (Fsp3) is 0.111. The number of amides is 2. The number of H-pyrrole nitrogens is 1. The Labute approximate surface area is 93.6 Å². The fourth-order valence-electron chi connectivity index (χ4n) is 0.983. The van der Waals surface area contributed by atoms with Crippen LogP contribution >= 0.6 is 0 Å². The number of carbonyl (C=O) groups excluding carboxylic acids is 2. The van der Waals surface area contributed by atoms with Crippen molar-refractivity contribution >= 4 is 11.8 Å². The topological polar surface area (TPSA) is 101 Å². The van der Waals surface area contributed by atoms with Crippen LogP contribution in [0.2, 0.25) is 0 Å². The zero-order valence-corrected chi connectivity index (χ0v) is 8.53. The van der Waals surface area contributed by atoms with E-state index < -0.39 is 35.4 Å². The molecule has 8 heteroatoms. The highest BCUT2D eigenvalue weighted by atomic mass is 19.1. The molecular weight excluding hydrogens is 233 g/mol. The van der Waals surface area contributed by atoms with Crippen molar-refractivity contribution in [3.8, 4) is 0 Å². The summed E-state index contributed by atoms with van der Waals surface area (Å²) in [5, 5.41) is 1.87. The minimum absolute atomic E-state index is 0.582. The predicted molar refractivity (Wildman–Crippen MR) is 54.6 cm³/mol.